The molecule has 2 N–H and O–H groups in total. The van der Waals surface area contributed by atoms with E-state index in [0.717, 1.165) is 31.4 Å². The SMILES string of the molecule is Cn1cc(OC2CCC(C(=O)N3CCC(O)(c4nn(C)c5nc[nH]c(=O)c45)CC3)CC2)cn1. The van der Waals surface area contributed by atoms with Crippen LogP contribution in [0.4, 0.5) is 0 Å². The summed E-state index contributed by atoms with van der Waals surface area (Å²) >= 11 is 0. The van der Waals surface area contributed by atoms with Gasteiger partial charge in [-0.3, -0.25) is 14.3 Å². The number of amides is 1. The van der Waals surface area contributed by atoms with Gasteiger partial charge in [0.1, 0.15) is 16.7 Å². The molecule has 0 unspecified atom stereocenters. The van der Waals surface area contributed by atoms with E-state index in [9.17, 15) is 14.7 Å². The van der Waals surface area contributed by atoms with Crippen LogP contribution in [-0.2, 0) is 24.5 Å². The van der Waals surface area contributed by atoms with E-state index in [1.54, 1.807) is 17.9 Å². The first-order valence-corrected chi connectivity index (χ1v) is 11.4. The van der Waals surface area contributed by atoms with Crippen LogP contribution >= 0.6 is 0 Å². The molecule has 2 fully saturated rings. The van der Waals surface area contributed by atoms with Gasteiger partial charge in [0.15, 0.2) is 11.4 Å². The van der Waals surface area contributed by atoms with Gasteiger partial charge in [0.25, 0.3) is 5.56 Å². The van der Waals surface area contributed by atoms with Gasteiger partial charge in [-0.05, 0) is 38.5 Å². The Balaban J connectivity index is 1.20. The molecule has 3 aromatic heterocycles. The average molecular weight is 456 g/mol. The summed E-state index contributed by atoms with van der Waals surface area (Å²) in [6.07, 6.45) is 8.90. The summed E-state index contributed by atoms with van der Waals surface area (Å²) in [5, 5.41) is 20.2. The van der Waals surface area contributed by atoms with Crippen molar-refractivity contribution in [2.75, 3.05) is 13.1 Å². The minimum absolute atomic E-state index is 0.0207. The normalized spacial score (nSPS) is 23.1. The Morgan fingerprint density at radius 3 is 2.61 bits per heavy atom. The Hall–Kier alpha value is -3.21. The van der Waals surface area contributed by atoms with Crippen molar-refractivity contribution in [3.63, 3.8) is 0 Å². The fraction of sp³-hybridized carbons (Fsp3) is 0.591. The summed E-state index contributed by atoms with van der Waals surface area (Å²) in [5.74, 6) is 0.883. The highest BCUT2D eigenvalue weighted by atomic mass is 16.5. The first-order valence-electron chi connectivity index (χ1n) is 11.4. The van der Waals surface area contributed by atoms with Gasteiger partial charge in [-0.2, -0.15) is 10.2 Å². The number of aromatic amines is 1. The third kappa shape index (κ3) is 4.01. The second-order valence-electron chi connectivity index (χ2n) is 9.20. The Bertz CT molecular complexity index is 1210. The van der Waals surface area contributed by atoms with E-state index < -0.39 is 5.60 Å². The first-order chi connectivity index (χ1) is 15.8. The van der Waals surface area contributed by atoms with Crippen molar-refractivity contribution < 1.29 is 14.6 Å². The highest BCUT2D eigenvalue weighted by Crippen LogP contribution is 2.36. The first kappa shape index (κ1) is 21.6. The molecule has 0 spiro atoms. The number of rotatable bonds is 4. The Morgan fingerprint density at radius 1 is 1.21 bits per heavy atom. The van der Waals surface area contributed by atoms with E-state index in [4.69, 9.17) is 4.74 Å². The molecule has 0 atom stereocenters. The number of hydrogen-bond acceptors (Lipinski definition) is 7. The molecular weight excluding hydrogens is 426 g/mol. The van der Waals surface area contributed by atoms with Gasteiger partial charge in [-0.1, -0.05) is 0 Å². The molecular formula is C22H29N7O4. The molecule has 5 rings (SSSR count). The lowest BCUT2D eigenvalue weighted by Crippen LogP contribution is -2.48. The molecule has 0 aromatic carbocycles. The minimum Gasteiger partial charge on any atom is -0.487 e. The number of aromatic nitrogens is 6. The van der Waals surface area contributed by atoms with Gasteiger partial charge < -0.3 is 19.7 Å². The van der Waals surface area contributed by atoms with Crippen molar-refractivity contribution in [2.24, 2.45) is 20.0 Å². The molecule has 33 heavy (non-hydrogen) atoms. The van der Waals surface area contributed by atoms with E-state index in [2.05, 4.69) is 20.2 Å². The molecule has 176 valence electrons. The van der Waals surface area contributed by atoms with Gasteiger partial charge in [0.05, 0.1) is 24.8 Å². The van der Waals surface area contributed by atoms with Crippen molar-refractivity contribution in [2.45, 2.75) is 50.2 Å². The number of aliphatic hydroxyl groups is 1. The molecule has 11 nitrogen and oxygen atoms in total. The van der Waals surface area contributed by atoms with Crippen LogP contribution in [0.5, 0.6) is 5.75 Å². The number of aryl methyl sites for hydroxylation is 2. The largest absolute Gasteiger partial charge is 0.487 e. The maximum Gasteiger partial charge on any atom is 0.262 e. The number of nitrogens with one attached hydrogen (secondary N) is 1. The third-order valence-electron chi connectivity index (χ3n) is 6.98. The van der Waals surface area contributed by atoms with E-state index in [0.29, 0.717) is 42.7 Å². The number of H-pyrrole nitrogens is 1. The lowest BCUT2D eigenvalue weighted by Gasteiger charge is -2.39. The van der Waals surface area contributed by atoms with Gasteiger partial charge in [-0.15, -0.1) is 0 Å². The second-order valence-corrected chi connectivity index (χ2v) is 9.20. The quantitative estimate of drug-likeness (QED) is 0.596. The summed E-state index contributed by atoms with van der Waals surface area (Å²) in [5.41, 5.74) is -0.803. The number of likely N-dealkylation sites (tertiary alicyclic amines) is 1. The van der Waals surface area contributed by atoms with E-state index in [1.165, 1.54) is 11.0 Å². The van der Waals surface area contributed by atoms with Gasteiger partial charge >= 0.3 is 0 Å². The molecule has 0 bridgehead atoms. The molecule has 11 heteroatoms. The van der Waals surface area contributed by atoms with E-state index in [-0.39, 0.29) is 23.5 Å². The lowest BCUT2D eigenvalue weighted by molar-refractivity contribution is -0.141. The lowest BCUT2D eigenvalue weighted by atomic mass is 9.84. The average Bonchev–Trinajstić information content (AvgIpc) is 3.38. The summed E-state index contributed by atoms with van der Waals surface area (Å²) in [6, 6.07) is 0. The molecule has 1 saturated heterocycles. The smallest absolute Gasteiger partial charge is 0.262 e. The molecule has 1 aliphatic carbocycles. The fourth-order valence-electron chi connectivity index (χ4n) is 5.09. The molecule has 1 saturated carbocycles. The molecule has 4 heterocycles. The molecule has 2 aliphatic rings. The maximum absolute atomic E-state index is 13.1. The van der Waals surface area contributed by atoms with Crippen LogP contribution in [0.1, 0.15) is 44.2 Å². The zero-order valence-electron chi connectivity index (χ0n) is 18.9. The monoisotopic (exact) mass is 455 g/mol. The van der Waals surface area contributed by atoms with Crippen molar-refractivity contribution in [3.05, 3.63) is 34.8 Å². The number of piperidine rings is 1. The predicted molar refractivity (Wildman–Crippen MR) is 118 cm³/mol. The number of fused-ring (bicyclic) bond motifs is 1. The number of nitrogens with zero attached hydrogens (tertiary/aromatic N) is 6. The van der Waals surface area contributed by atoms with Crippen LogP contribution in [0.3, 0.4) is 0 Å². The van der Waals surface area contributed by atoms with Crippen LogP contribution in [0.2, 0.25) is 0 Å². The van der Waals surface area contributed by atoms with E-state index >= 15 is 0 Å². The van der Waals surface area contributed by atoms with Crippen molar-refractivity contribution in [1.82, 2.24) is 34.4 Å². The van der Waals surface area contributed by atoms with Crippen LogP contribution in [-0.4, -0.2) is 64.6 Å². The standard InChI is InChI=1S/C22H29N7O4/c1-27-12-16(11-25-27)33-15-5-3-14(4-6-15)21(31)29-9-7-22(32,8-10-29)18-17-19(28(2)26-18)23-13-24-20(17)30/h11-15,32H,3-10H2,1-2H3,(H,23,24,30). The van der Waals surface area contributed by atoms with Crippen LogP contribution in [0.25, 0.3) is 11.0 Å². The number of ether oxygens (including phenoxy) is 1. The molecule has 1 amide bonds. The van der Waals surface area contributed by atoms with Gasteiger partial charge in [-0.25, -0.2) is 9.67 Å². The molecule has 1 aliphatic heterocycles. The Labute approximate surface area is 190 Å². The van der Waals surface area contributed by atoms with Crippen LogP contribution in [0.15, 0.2) is 23.5 Å². The second kappa shape index (κ2) is 8.29. The Morgan fingerprint density at radius 2 is 1.94 bits per heavy atom. The molecule has 3 aromatic rings. The topological polar surface area (TPSA) is 131 Å². The van der Waals surface area contributed by atoms with Gasteiger partial charge in [0, 0.05) is 33.1 Å². The summed E-state index contributed by atoms with van der Waals surface area (Å²) in [4.78, 5) is 34.1. The highest BCUT2D eigenvalue weighted by molar-refractivity contribution is 5.80. The Kier molecular flexibility index (Phi) is 5.43. The van der Waals surface area contributed by atoms with E-state index in [1.807, 2.05) is 18.1 Å². The predicted octanol–water partition coefficient (Wildman–Crippen LogP) is 0.838. The van der Waals surface area contributed by atoms with Crippen LogP contribution in [0, 0.1) is 5.92 Å². The summed E-state index contributed by atoms with van der Waals surface area (Å²) < 4.78 is 9.22. The van der Waals surface area contributed by atoms with Crippen molar-refractivity contribution >= 4 is 16.9 Å². The van der Waals surface area contributed by atoms with Crippen molar-refractivity contribution in [3.8, 4) is 5.75 Å². The fourth-order valence-corrected chi connectivity index (χ4v) is 5.09. The highest BCUT2D eigenvalue weighted by Gasteiger charge is 2.41. The molecule has 0 radical (unpaired) electrons. The number of hydrogen-bond donors (Lipinski definition) is 2. The maximum atomic E-state index is 13.1. The minimum atomic E-state index is -1.26. The third-order valence-corrected chi connectivity index (χ3v) is 6.98. The van der Waals surface area contributed by atoms with Crippen LogP contribution < -0.4 is 10.3 Å². The summed E-state index contributed by atoms with van der Waals surface area (Å²) in [7, 11) is 3.56. The zero-order chi connectivity index (χ0) is 23.2. The number of carbonyl (C=O) groups excluding carboxylic acids is 1. The summed E-state index contributed by atoms with van der Waals surface area (Å²) in [6.45, 7) is 0.857. The van der Waals surface area contributed by atoms with Crippen molar-refractivity contribution in [1.29, 1.82) is 0 Å². The van der Waals surface area contributed by atoms with Gasteiger partial charge in [0.2, 0.25) is 5.91 Å². The number of carbonyl (C=O) groups is 1. The zero-order valence-corrected chi connectivity index (χ0v) is 18.9.